The van der Waals surface area contributed by atoms with Gasteiger partial charge in [-0.1, -0.05) is 57.6 Å². The molecule has 0 saturated heterocycles. The minimum Gasteiger partial charge on any atom is -0.465 e. The Bertz CT molecular complexity index is 252. The number of esters is 1. The molecule has 124 valence electrons. The first-order valence-corrected chi connectivity index (χ1v) is 9.36. The zero-order valence-electron chi connectivity index (χ0n) is 13.8. The quantitative estimate of drug-likeness (QED) is 0.181. The summed E-state index contributed by atoms with van der Waals surface area (Å²) < 4.78 is 4.97. The smallest absolute Gasteiger partial charge is 0.305 e. The normalized spacial score (nSPS) is 11.1. The van der Waals surface area contributed by atoms with Crippen molar-refractivity contribution in [2.45, 2.75) is 84.0 Å². The second-order valence-electron chi connectivity index (χ2n) is 5.57. The lowest BCUT2D eigenvalue weighted by Gasteiger charge is -2.02. The van der Waals surface area contributed by atoms with Crippen LogP contribution in [0.15, 0.2) is 12.2 Å². The van der Waals surface area contributed by atoms with E-state index in [-0.39, 0.29) is 5.97 Å². The van der Waals surface area contributed by atoms with Crippen LogP contribution in [0.25, 0.3) is 0 Å². The van der Waals surface area contributed by atoms with Gasteiger partial charge in [0.25, 0.3) is 0 Å². The minimum atomic E-state index is -0.0740. The molecule has 0 aromatic rings. The van der Waals surface area contributed by atoms with Crippen molar-refractivity contribution in [3.05, 3.63) is 12.2 Å². The monoisotopic (exact) mass is 314 g/mol. The van der Waals surface area contributed by atoms with Crippen molar-refractivity contribution in [2.24, 2.45) is 0 Å². The van der Waals surface area contributed by atoms with Gasteiger partial charge in [-0.15, -0.1) is 0 Å². The molecule has 0 N–H and O–H groups in total. The van der Waals surface area contributed by atoms with E-state index in [2.05, 4.69) is 31.7 Å². The van der Waals surface area contributed by atoms with Crippen molar-refractivity contribution in [1.82, 2.24) is 0 Å². The zero-order chi connectivity index (χ0) is 15.6. The summed E-state index contributed by atoms with van der Waals surface area (Å²) in [6.07, 6.45) is 18.9. The van der Waals surface area contributed by atoms with Gasteiger partial charge in [0.1, 0.15) is 6.61 Å². The van der Waals surface area contributed by atoms with E-state index >= 15 is 0 Å². The Morgan fingerprint density at radius 3 is 2.10 bits per heavy atom. The number of allylic oxidation sites excluding steroid dienone is 2. The SMILES string of the molecule is CCCCCC/C=C/CCCCCCCC(=O)OCCS. The molecule has 0 aromatic heterocycles. The summed E-state index contributed by atoms with van der Waals surface area (Å²) in [6.45, 7) is 2.69. The number of thiol groups is 1. The molecule has 0 unspecified atom stereocenters. The number of hydrogen-bond donors (Lipinski definition) is 1. The maximum absolute atomic E-state index is 11.2. The van der Waals surface area contributed by atoms with Crippen LogP contribution in [0.5, 0.6) is 0 Å². The first-order chi connectivity index (χ1) is 10.3. The number of ether oxygens (including phenoxy) is 1. The topological polar surface area (TPSA) is 26.3 Å². The maximum Gasteiger partial charge on any atom is 0.305 e. The lowest BCUT2D eigenvalue weighted by atomic mass is 10.1. The molecule has 0 aliphatic heterocycles. The zero-order valence-corrected chi connectivity index (χ0v) is 14.7. The van der Waals surface area contributed by atoms with Crippen LogP contribution in [-0.2, 0) is 9.53 Å². The number of unbranched alkanes of at least 4 members (excludes halogenated alkanes) is 9. The van der Waals surface area contributed by atoms with Crippen molar-refractivity contribution in [3.63, 3.8) is 0 Å². The van der Waals surface area contributed by atoms with Gasteiger partial charge in [0.05, 0.1) is 0 Å². The van der Waals surface area contributed by atoms with Crippen molar-refractivity contribution in [1.29, 1.82) is 0 Å². The average Bonchev–Trinajstić information content (AvgIpc) is 2.49. The largest absolute Gasteiger partial charge is 0.465 e. The molecule has 0 saturated carbocycles. The first kappa shape index (κ1) is 20.6. The van der Waals surface area contributed by atoms with Gasteiger partial charge in [0.15, 0.2) is 0 Å². The molecule has 21 heavy (non-hydrogen) atoms. The summed E-state index contributed by atoms with van der Waals surface area (Å²) in [5, 5.41) is 0. The Morgan fingerprint density at radius 1 is 0.905 bits per heavy atom. The third-order valence-electron chi connectivity index (χ3n) is 3.50. The molecule has 0 aliphatic carbocycles. The Labute approximate surface area is 137 Å². The summed E-state index contributed by atoms with van der Waals surface area (Å²) in [5.74, 6) is 0.535. The molecule has 0 spiro atoms. The van der Waals surface area contributed by atoms with Crippen LogP contribution in [-0.4, -0.2) is 18.3 Å². The van der Waals surface area contributed by atoms with Gasteiger partial charge >= 0.3 is 5.97 Å². The van der Waals surface area contributed by atoms with Crippen molar-refractivity contribution in [2.75, 3.05) is 12.4 Å². The Balaban J connectivity index is 3.15. The molecule has 0 rings (SSSR count). The molecule has 2 nitrogen and oxygen atoms in total. The van der Waals surface area contributed by atoms with E-state index in [1.807, 2.05) is 0 Å². The lowest BCUT2D eigenvalue weighted by Crippen LogP contribution is -2.06. The van der Waals surface area contributed by atoms with E-state index in [4.69, 9.17) is 4.74 Å². The fraction of sp³-hybridized carbons (Fsp3) is 0.833. The molecule has 0 heterocycles. The van der Waals surface area contributed by atoms with E-state index in [1.165, 1.54) is 57.8 Å². The number of hydrogen-bond acceptors (Lipinski definition) is 3. The summed E-state index contributed by atoms with van der Waals surface area (Å²) in [4.78, 5) is 11.2. The maximum atomic E-state index is 11.2. The molecule has 3 heteroatoms. The van der Waals surface area contributed by atoms with E-state index in [0.717, 1.165) is 12.8 Å². The van der Waals surface area contributed by atoms with Crippen molar-refractivity contribution in [3.8, 4) is 0 Å². The van der Waals surface area contributed by atoms with Crippen LogP contribution in [0.1, 0.15) is 84.0 Å². The van der Waals surface area contributed by atoms with Crippen LogP contribution in [0.3, 0.4) is 0 Å². The van der Waals surface area contributed by atoms with Crippen LogP contribution in [0, 0.1) is 0 Å². The number of carbonyl (C=O) groups excluding carboxylic acids is 1. The van der Waals surface area contributed by atoms with Gasteiger partial charge in [0, 0.05) is 12.2 Å². The second kappa shape index (κ2) is 17.6. The van der Waals surface area contributed by atoms with Crippen molar-refractivity contribution >= 4 is 18.6 Å². The Morgan fingerprint density at radius 2 is 1.48 bits per heavy atom. The van der Waals surface area contributed by atoms with Crippen LogP contribution in [0.2, 0.25) is 0 Å². The third-order valence-corrected chi connectivity index (χ3v) is 3.68. The standard InChI is InChI=1S/C18H34O2S/c1-2-3-4-5-6-7-8-9-10-11-12-13-14-15-18(19)20-16-17-21/h7-8,21H,2-6,9-17H2,1H3/b8-7+. The van der Waals surface area contributed by atoms with E-state index < -0.39 is 0 Å². The summed E-state index contributed by atoms with van der Waals surface area (Å²) >= 11 is 4.01. The molecule has 0 amide bonds. The van der Waals surface area contributed by atoms with Gasteiger partial charge in [0.2, 0.25) is 0 Å². The molecule has 0 bridgehead atoms. The highest BCUT2D eigenvalue weighted by Crippen LogP contribution is 2.09. The Hall–Kier alpha value is -0.440. The average molecular weight is 315 g/mol. The van der Waals surface area contributed by atoms with E-state index in [1.54, 1.807) is 0 Å². The van der Waals surface area contributed by atoms with Crippen LogP contribution < -0.4 is 0 Å². The number of carbonyl (C=O) groups is 1. The fourth-order valence-corrected chi connectivity index (χ4v) is 2.31. The molecule has 0 atom stereocenters. The predicted molar refractivity (Wildman–Crippen MR) is 95.0 cm³/mol. The van der Waals surface area contributed by atoms with E-state index in [9.17, 15) is 4.79 Å². The molecule has 0 aliphatic rings. The Kier molecular flexibility index (Phi) is 17.2. The minimum absolute atomic E-state index is 0.0740. The van der Waals surface area contributed by atoms with Gasteiger partial charge in [-0.05, 0) is 32.1 Å². The van der Waals surface area contributed by atoms with Gasteiger partial charge in [-0.25, -0.2) is 0 Å². The fourth-order valence-electron chi connectivity index (χ4n) is 2.22. The van der Waals surface area contributed by atoms with Crippen LogP contribution >= 0.6 is 12.6 Å². The molecule has 0 aromatic carbocycles. The highest BCUT2D eigenvalue weighted by molar-refractivity contribution is 7.80. The molecular formula is C18H34O2S. The molecule has 0 fully saturated rings. The predicted octanol–water partition coefficient (Wildman–Crippen LogP) is 5.72. The third kappa shape index (κ3) is 17.5. The van der Waals surface area contributed by atoms with Gasteiger partial charge in [-0.3, -0.25) is 4.79 Å². The summed E-state index contributed by atoms with van der Waals surface area (Å²) in [7, 11) is 0. The molecular weight excluding hydrogens is 280 g/mol. The van der Waals surface area contributed by atoms with Gasteiger partial charge < -0.3 is 4.74 Å². The first-order valence-electron chi connectivity index (χ1n) is 8.72. The highest BCUT2D eigenvalue weighted by Gasteiger charge is 2.01. The number of rotatable bonds is 15. The van der Waals surface area contributed by atoms with Crippen molar-refractivity contribution < 1.29 is 9.53 Å². The second-order valence-corrected chi connectivity index (χ2v) is 6.02. The lowest BCUT2D eigenvalue weighted by molar-refractivity contribution is -0.143. The van der Waals surface area contributed by atoms with Gasteiger partial charge in [-0.2, -0.15) is 12.6 Å². The summed E-state index contributed by atoms with van der Waals surface area (Å²) in [6, 6.07) is 0. The summed E-state index contributed by atoms with van der Waals surface area (Å²) in [5.41, 5.74) is 0. The van der Waals surface area contributed by atoms with E-state index in [0.29, 0.717) is 18.8 Å². The van der Waals surface area contributed by atoms with Crippen LogP contribution in [0.4, 0.5) is 0 Å². The highest BCUT2D eigenvalue weighted by atomic mass is 32.1. The molecule has 0 radical (unpaired) electrons.